The Balaban J connectivity index is 2.32. The van der Waals surface area contributed by atoms with Crippen LogP contribution in [0.2, 0.25) is 0 Å². The third-order valence-electron chi connectivity index (χ3n) is 4.55. The lowest BCUT2D eigenvalue weighted by atomic mass is 10.0. The molecule has 1 rings (SSSR count). The minimum Gasteiger partial charge on any atom is -0.481 e. The summed E-state index contributed by atoms with van der Waals surface area (Å²) in [6.07, 6.45) is 10.2. The van der Waals surface area contributed by atoms with Gasteiger partial charge in [-0.25, -0.2) is 0 Å². The Morgan fingerprint density at radius 2 is 2.00 bits per heavy atom. The highest BCUT2D eigenvalue weighted by atomic mass is 16.5. The second-order valence-corrected chi connectivity index (χ2v) is 6.95. The fraction of sp³-hybridized carbons (Fsp3) is 0.750. The summed E-state index contributed by atoms with van der Waals surface area (Å²) in [4.78, 5) is 10.5. The topological polar surface area (TPSA) is 107 Å². The number of aliphatic hydroxyl groups is 3. The first-order chi connectivity index (χ1) is 12.4. The molecular weight excluding hydrogens is 336 g/mol. The lowest BCUT2D eigenvalue weighted by Gasteiger charge is -2.16. The summed E-state index contributed by atoms with van der Waals surface area (Å²) in [5, 5.41) is 38.7. The van der Waals surface area contributed by atoms with Crippen LogP contribution in [0.4, 0.5) is 0 Å². The monoisotopic (exact) mass is 370 g/mol. The molecular formula is C20H34O6. The van der Waals surface area contributed by atoms with E-state index in [0.717, 1.165) is 12.8 Å². The van der Waals surface area contributed by atoms with Crippen molar-refractivity contribution in [1.29, 1.82) is 0 Å². The van der Waals surface area contributed by atoms with Crippen molar-refractivity contribution >= 4 is 5.97 Å². The summed E-state index contributed by atoms with van der Waals surface area (Å²) in [6, 6.07) is 0. The first-order valence-electron chi connectivity index (χ1n) is 9.68. The number of carbonyl (C=O) groups is 1. The van der Waals surface area contributed by atoms with Crippen LogP contribution in [0, 0.1) is 0 Å². The number of unbranched alkanes of at least 4 members (excludes halogenated alkanes) is 3. The van der Waals surface area contributed by atoms with Crippen LogP contribution in [0.3, 0.4) is 0 Å². The Bertz CT molecular complexity index is 448. The lowest BCUT2D eigenvalue weighted by molar-refractivity contribution is -0.137. The van der Waals surface area contributed by atoms with E-state index in [4.69, 9.17) is 9.84 Å². The second-order valence-electron chi connectivity index (χ2n) is 6.95. The Morgan fingerprint density at radius 3 is 2.69 bits per heavy atom. The molecule has 1 saturated heterocycles. The van der Waals surface area contributed by atoms with Crippen LogP contribution in [0.15, 0.2) is 24.3 Å². The predicted molar refractivity (Wildman–Crippen MR) is 99.8 cm³/mol. The normalized spacial score (nSPS) is 25.9. The van der Waals surface area contributed by atoms with Crippen molar-refractivity contribution in [2.24, 2.45) is 0 Å². The van der Waals surface area contributed by atoms with Crippen molar-refractivity contribution in [3.63, 3.8) is 0 Å². The maximum Gasteiger partial charge on any atom is 0.303 e. The number of hydrogen-bond acceptors (Lipinski definition) is 5. The number of rotatable bonds is 13. The van der Waals surface area contributed by atoms with Crippen LogP contribution in [0.25, 0.3) is 0 Å². The molecule has 0 saturated carbocycles. The fourth-order valence-electron chi connectivity index (χ4n) is 2.96. The molecule has 4 N–H and O–H groups in total. The number of allylic oxidation sites excluding steroid dienone is 1. The van der Waals surface area contributed by atoms with Gasteiger partial charge in [-0.2, -0.15) is 0 Å². The number of aliphatic carboxylic acids is 1. The number of carboxylic acids is 1. The number of aliphatic hydroxyl groups excluding tert-OH is 3. The average Bonchev–Trinajstić information content (AvgIpc) is 2.96. The molecule has 150 valence electrons. The van der Waals surface area contributed by atoms with Crippen molar-refractivity contribution < 1.29 is 30.0 Å². The SMILES string of the molecule is CCCCC/C=C\C[C@H](O)[C@H]1C[C@@H](O)[C@@H](/C=C/[C@@H](O)CCCC(=O)O)O1. The van der Waals surface area contributed by atoms with E-state index >= 15 is 0 Å². The zero-order chi connectivity index (χ0) is 19.4. The highest BCUT2D eigenvalue weighted by molar-refractivity contribution is 5.66. The minimum atomic E-state index is -0.882. The highest BCUT2D eigenvalue weighted by Gasteiger charge is 2.35. The van der Waals surface area contributed by atoms with Gasteiger partial charge < -0.3 is 25.2 Å². The summed E-state index contributed by atoms with van der Waals surface area (Å²) in [5.41, 5.74) is 0. The first kappa shape index (κ1) is 22.8. The standard InChI is InChI=1S/C20H34O6/c1-2-3-4-5-6-7-10-16(22)19-14-17(23)18(26-19)13-12-15(21)9-8-11-20(24)25/h6-7,12-13,15-19,21-23H,2-5,8-11,14H2,1H3,(H,24,25)/b7-6-,13-12+/t15-,16-,17+,18+,19+/m0/s1. The largest absolute Gasteiger partial charge is 0.481 e. The zero-order valence-electron chi connectivity index (χ0n) is 15.7. The first-order valence-corrected chi connectivity index (χ1v) is 9.68. The van der Waals surface area contributed by atoms with Gasteiger partial charge in [-0.05, 0) is 32.1 Å². The molecule has 0 radical (unpaired) electrons. The van der Waals surface area contributed by atoms with Crippen LogP contribution in [-0.2, 0) is 9.53 Å². The van der Waals surface area contributed by atoms with Crippen molar-refractivity contribution in [2.75, 3.05) is 0 Å². The number of hydrogen-bond donors (Lipinski definition) is 4. The van der Waals surface area contributed by atoms with Gasteiger partial charge in [-0.1, -0.05) is 44.1 Å². The predicted octanol–water partition coefficient (Wildman–Crippen LogP) is 2.56. The third kappa shape index (κ3) is 9.48. The van der Waals surface area contributed by atoms with E-state index in [0.29, 0.717) is 25.7 Å². The maximum atomic E-state index is 10.5. The fourth-order valence-corrected chi connectivity index (χ4v) is 2.96. The van der Waals surface area contributed by atoms with E-state index in [1.807, 2.05) is 6.08 Å². The van der Waals surface area contributed by atoms with E-state index in [2.05, 4.69) is 13.0 Å². The van der Waals surface area contributed by atoms with Gasteiger partial charge in [-0.3, -0.25) is 4.79 Å². The van der Waals surface area contributed by atoms with Crippen molar-refractivity contribution in [2.45, 2.75) is 95.2 Å². The summed E-state index contributed by atoms with van der Waals surface area (Å²) in [5.74, 6) is -0.882. The van der Waals surface area contributed by atoms with Crippen LogP contribution >= 0.6 is 0 Å². The van der Waals surface area contributed by atoms with Crippen LogP contribution in [0.1, 0.15) is 64.7 Å². The lowest BCUT2D eigenvalue weighted by Crippen LogP contribution is -2.25. The summed E-state index contributed by atoms with van der Waals surface area (Å²) in [7, 11) is 0. The molecule has 0 aromatic rings. The number of ether oxygens (including phenoxy) is 1. The maximum absolute atomic E-state index is 10.5. The van der Waals surface area contributed by atoms with E-state index in [1.165, 1.54) is 18.9 Å². The second kappa shape index (κ2) is 13.0. The Hall–Kier alpha value is -1.21. The van der Waals surface area contributed by atoms with Gasteiger partial charge in [0.1, 0.15) is 6.10 Å². The number of carboxylic acid groups (broad SMARTS) is 1. The molecule has 1 heterocycles. The molecule has 0 spiro atoms. The van der Waals surface area contributed by atoms with E-state index < -0.39 is 36.5 Å². The quantitative estimate of drug-likeness (QED) is 0.293. The molecule has 1 fully saturated rings. The summed E-state index contributed by atoms with van der Waals surface area (Å²) >= 11 is 0. The van der Waals surface area contributed by atoms with Gasteiger partial charge in [0.15, 0.2) is 0 Å². The van der Waals surface area contributed by atoms with Gasteiger partial charge in [-0.15, -0.1) is 0 Å². The summed E-state index contributed by atoms with van der Waals surface area (Å²) < 4.78 is 5.70. The van der Waals surface area contributed by atoms with Crippen LogP contribution in [0.5, 0.6) is 0 Å². The van der Waals surface area contributed by atoms with Crippen LogP contribution < -0.4 is 0 Å². The molecule has 0 amide bonds. The molecule has 26 heavy (non-hydrogen) atoms. The van der Waals surface area contributed by atoms with Crippen molar-refractivity contribution in [3.05, 3.63) is 24.3 Å². The molecule has 0 aromatic carbocycles. The van der Waals surface area contributed by atoms with Gasteiger partial charge in [0.25, 0.3) is 0 Å². The van der Waals surface area contributed by atoms with Gasteiger partial charge in [0.05, 0.1) is 24.4 Å². The Morgan fingerprint density at radius 1 is 1.23 bits per heavy atom. The molecule has 1 aliphatic heterocycles. The molecule has 6 nitrogen and oxygen atoms in total. The average molecular weight is 370 g/mol. The van der Waals surface area contributed by atoms with E-state index in [9.17, 15) is 20.1 Å². The third-order valence-corrected chi connectivity index (χ3v) is 4.55. The Labute approximate surface area is 156 Å². The zero-order valence-corrected chi connectivity index (χ0v) is 15.7. The van der Waals surface area contributed by atoms with Gasteiger partial charge in [0.2, 0.25) is 0 Å². The van der Waals surface area contributed by atoms with E-state index in [-0.39, 0.29) is 6.42 Å². The molecule has 5 atom stereocenters. The summed E-state index contributed by atoms with van der Waals surface area (Å²) in [6.45, 7) is 2.16. The van der Waals surface area contributed by atoms with Gasteiger partial charge in [0, 0.05) is 12.8 Å². The molecule has 0 unspecified atom stereocenters. The molecule has 0 bridgehead atoms. The minimum absolute atomic E-state index is 0.0215. The molecule has 1 aliphatic rings. The van der Waals surface area contributed by atoms with Crippen molar-refractivity contribution in [1.82, 2.24) is 0 Å². The van der Waals surface area contributed by atoms with Crippen molar-refractivity contribution in [3.8, 4) is 0 Å². The molecule has 0 aromatic heterocycles. The molecule has 6 heteroatoms. The van der Waals surface area contributed by atoms with Crippen LogP contribution in [-0.4, -0.2) is 56.9 Å². The van der Waals surface area contributed by atoms with E-state index in [1.54, 1.807) is 6.08 Å². The smallest absolute Gasteiger partial charge is 0.303 e. The Kier molecular flexibility index (Phi) is 11.4. The highest BCUT2D eigenvalue weighted by Crippen LogP contribution is 2.25. The van der Waals surface area contributed by atoms with Gasteiger partial charge >= 0.3 is 5.97 Å². The molecule has 0 aliphatic carbocycles.